The minimum absolute atomic E-state index is 0.266. The lowest BCUT2D eigenvalue weighted by Gasteiger charge is -2.10. The van der Waals surface area contributed by atoms with E-state index in [0.29, 0.717) is 12.2 Å². The van der Waals surface area contributed by atoms with E-state index in [9.17, 15) is 4.79 Å². The monoisotopic (exact) mass is 221 g/mol. The molecule has 1 heterocycles. The Morgan fingerprint density at radius 3 is 2.38 bits per heavy atom. The summed E-state index contributed by atoms with van der Waals surface area (Å²) < 4.78 is 5.02. The van der Waals surface area contributed by atoms with Crippen LogP contribution in [0.5, 0.6) is 0 Å². The van der Waals surface area contributed by atoms with Gasteiger partial charge in [-0.05, 0) is 38.3 Å². The van der Waals surface area contributed by atoms with Crippen molar-refractivity contribution in [3.63, 3.8) is 0 Å². The Morgan fingerprint density at radius 2 is 1.88 bits per heavy atom. The highest BCUT2D eigenvalue weighted by Crippen LogP contribution is 2.15. The Bertz CT molecular complexity index is 386. The maximum Gasteiger partial charge on any atom is 0.339 e. The number of ether oxygens (including phenoxy) is 1. The molecule has 0 N–H and O–H groups in total. The molecule has 3 heteroatoms. The summed E-state index contributed by atoms with van der Waals surface area (Å²) in [6.45, 7) is 8.26. The molecule has 1 rings (SSSR count). The van der Waals surface area contributed by atoms with Crippen molar-refractivity contribution in [2.75, 3.05) is 6.61 Å². The fourth-order valence-corrected chi connectivity index (χ4v) is 1.71. The van der Waals surface area contributed by atoms with Gasteiger partial charge in [-0.15, -0.1) is 0 Å². The SMILES string of the molecule is CCOC(=O)c1cc(C)c(CC)nc1CC. The molecule has 0 amide bonds. The summed E-state index contributed by atoms with van der Waals surface area (Å²) in [5, 5.41) is 0. The van der Waals surface area contributed by atoms with Crippen LogP contribution in [-0.4, -0.2) is 17.6 Å². The normalized spacial score (nSPS) is 10.2. The van der Waals surface area contributed by atoms with Crippen LogP contribution in [0.1, 0.15) is 48.1 Å². The molecule has 3 nitrogen and oxygen atoms in total. The standard InChI is InChI=1S/C13H19NO2/c1-5-11-9(4)8-10(12(6-2)14-11)13(15)16-7-3/h8H,5-7H2,1-4H3. The van der Waals surface area contributed by atoms with E-state index in [1.165, 1.54) is 0 Å². The maximum absolute atomic E-state index is 11.7. The third kappa shape index (κ3) is 2.60. The van der Waals surface area contributed by atoms with Crippen molar-refractivity contribution in [2.24, 2.45) is 0 Å². The summed E-state index contributed by atoms with van der Waals surface area (Å²) in [6, 6.07) is 1.89. The highest BCUT2D eigenvalue weighted by atomic mass is 16.5. The minimum atomic E-state index is -0.266. The minimum Gasteiger partial charge on any atom is -0.462 e. The van der Waals surface area contributed by atoms with E-state index in [1.807, 2.05) is 26.8 Å². The first-order valence-corrected chi connectivity index (χ1v) is 5.80. The van der Waals surface area contributed by atoms with Gasteiger partial charge in [0.2, 0.25) is 0 Å². The second-order valence-corrected chi connectivity index (χ2v) is 3.67. The molecule has 0 bridgehead atoms. The van der Waals surface area contributed by atoms with Gasteiger partial charge < -0.3 is 4.74 Å². The number of hydrogen-bond donors (Lipinski definition) is 0. The van der Waals surface area contributed by atoms with Crippen molar-refractivity contribution < 1.29 is 9.53 Å². The first-order chi connectivity index (χ1) is 7.63. The first-order valence-electron chi connectivity index (χ1n) is 5.80. The van der Waals surface area contributed by atoms with E-state index < -0.39 is 0 Å². The molecule has 0 unspecified atom stereocenters. The van der Waals surface area contributed by atoms with Gasteiger partial charge in [0, 0.05) is 5.69 Å². The van der Waals surface area contributed by atoms with Gasteiger partial charge in [0.1, 0.15) is 0 Å². The van der Waals surface area contributed by atoms with E-state index in [0.717, 1.165) is 29.8 Å². The number of aryl methyl sites for hydroxylation is 3. The number of nitrogens with zero attached hydrogens (tertiary/aromatic N) is 1. The summed E-state index contributed by atoms with van der Waals surface area (Å²) in [7, 11) is 0. The van der Waals surface area contributed by atoms with Gasteiger partial charge in [0.05, 0.1) is 17.9 Å². The van der Waals surface area contributed by atoms with Gasteiger partial charge in [-0.1, -0.05) is 13.8 Å². The van der Waals surface area contributed by atoms with Crippen LogP contribution in [0, 0.1) is 6.92 Å². The average molecular weight is 221 g/mol. The highest BCUT2D eigenvalue weighted by molar-refractivity contribution is 5.90. The molecule has 0 spiro atoms. The number of hydrogen-bond acceptors (Lipinski definition) is 3. The Hall–Kier alpha value is -1.38. The molecule has 0 atom stereocenters. The predicted molar refractivity (Wildman–Crippen MR) is 63.7 cm³/mol. The van der Waals surface area contributed by atoms with Gasteiger partial charge in [0.25, 0.3) is 0 Å². The lowest BCUT2D eigenvalue weighted by molar-refractivity contribution is 0.0524. The maximum atomic E-state index is 11.7. The van der Waals surface area contributed by atoms with E-state index in [-0.39, 0.29) is 5.97 Å². The number of pyridine rings is 1. The molecule has 0 radical (unpaired) electrons. The molecule has 1 aromatic heterocycles. The van der Waals surface area contributed by atoms with Gasteiger partial charge in [-0.2, -0.15) is 0 Å². The molecule has 0 saturated carbocycles. The van der Waals surface area contributed by atoms with Crippen molar-refractivity contribution in [1.82, 2.24) is 4.98 Å². The van der Waals surface area contributed by atoms with Crippen LogP contribution in [0.3, 0.4) is 0 Å². The third-order valence-corrected chi connectivity index (χ3v) is 2.56. The molecule has 0 fully saturated rings. The summed E-state index contributed by atoms with van der Waals surface area (Å²) >= 11 is 0. The number of carbonyl (C=O) groups excluding carboxylic acids is 1. The van der Waals surface area contributed by atoms with Gasteiger partial charge in [0.15, 0.2) is 0 Å². The molecular weight excluding hydrogens is 202 g/mol. The highest BCUT2D eigenvalue weighted by Gasteiger charge is 2.14. The number of rotatable bonds is 4. The fourth-order valence-electron chi connectivity index (χ4n) is 1.71. The van der Waals surface area contributed by atoms with Crippen molar-refractivity contribution in [3.05, 3.63) is 28.6 Å². The molecule has 88 valence electrons. The van der Waals surface area contributed by atoms with E-state index in [2.05, 4.69) is 11.9 Å². The van der Waals surface area contributed by atoms with Gasteiger partial charge in [-0.3, -0.25) is 4.98 Å². The third-order valence-electron chi connectivity index (χ3n) is 2.56. The molecule has 0 aliphatic rings. The van der Waals surface area contributed by atoms with Gasteiger partial charge in [-0.25, -0.2) is 4.79 Å². The molecular formula is C13H19NO2. The largest absolute Gasteiger partial charge is 0.462 e. The Morgan fingerprint density at radius 1 is 1.25 bits per heavy atom. The first kappa shape index (κ1) is 12.7. The Labute approximate surface area is 96.8 Å². The van der Waals surface area contributed by atoms with Crippen molar-refractivity contribution in [2.45, 2.75) is 40.5 Å². The van der Waals surface area contributed by atoms with Crippen LogP contribution < -0.4 is 0 Å². The van der Waals surface area contributed by atoms with Crippen LogP contribution in [0.15, 0.2) is 6.07 Å². The molecule has 16 heavy (non-hydrogen) atoms. The number of aromatic nitrogens is 1. The summed E-state index contributed by atoms with van der Waals surface area (Å²) in [6.07, 6.45) is 1.64. The van der Waals surface area contributed by atoms with E-state index in [1.54, 1.807) is 0 Å². The molecule has 0 aliphatic carbocycles. The number of esters is 1. The summed E-state index contributed by atoms with van der Waals surface area (Å²) in [4.78, 5) is 16.2. The van der Waals surface area contributed by atoms with Crippen LogP contribution in [-0.2, 0) is 17.6 Å². The molecule has 0 saturated heterocycles. The second-order valence-electron chi connectivity index (χ2n) is 3.67. The predicted octanol–water partition coefficient (Wildman–Crippen LogP) is 2.69. The van der Waals surface area contributed by atoms with E-state index in [4.69, 9.17) is 4.74 Å². The number of carbonyl (C=O) groups is 1. The average Bonchev–Trinajstić information content (AvgIpc) is 2.29. The molecule has 0 aliphatic heterocycles. The van der Waals surface area contributed by atoms with E-state index >= 15 is 0 Å². The lowest BCUT2D eigenvalue weighted by Crippen LogP contribution is -2.11. The quantitative estimate of drug-likeness (QED) is 0.734. The van der Waals surface area contributed by atoms with Crippen molar-refractivity contribution in [1.29, 1.82) is 0 Å². The smallest absolute Gasteiger partial charge is 0.339 e. The van der Waals surface area contributed by atoms with Crippen LogP contribution in [0.4, 0.5) is 0 Å². The zero-order valence-corrected chi connectivity index (χ0v) is 10.5. The molecule has 0 aromatic carbocycles. The van der Waals surface area contributed by atoms with Gasteiger partial charge >= 0.3 is 5.97 Å². The van der Waals surface area contributed by atoms with Crippen molar-refractivity contribution >= 4 is 5.97 Å². The topological polar surface area (TPSA) is 39.2 Å². The Kier molecular flexibility index (Phi) is 4.47. The zero-order valence-electron chi connectivity index (χ0n) is 10.5. The van der Waals surface area contributed by atoms with Crippen LogP contribution in [0.25, 0.3) is 0 Å². The summed E-state index contributed by atoms with van der Waals surface area (Å²) in [5.74, 6) is -0.266. The lowest BCUT2D eigenvalue weighted by atomic mass is 10.1. The molecule has 1 aromatic rings. The Balaban J connectivity index is 3.17. The van der Waals surface area contributed by atoms with Crippen LogP contribution in [0.2, 0.25) is 0 Å². The summed E-state index contributed by atoms with van der Waals surface area (Å²) in [5.41, 5.74) is 3.56. The second kappa shape index (κ2) is 5.64. The zero-order chi connectivity index (χ0) is 12.1. The van der Waals surface area contributed by atoms with Crippen LogP contribution >= 0.6 is 0 Å². The van der Waals surface area contributed by atoms with Crippen molar-refractivity contribution in [3.8, 4) is 0 Å². The fraction of sp³-hybridized carbons (Fsp3) is 0.538.